The maximum atomic E-state index is 15.2. The van der Waals surface area contributed by atoms with Crippen molar-refractivity contribution in [1.82, 2.24) is 29.9 Å². The van der Waals surface area contributed by atoms with Gasteiger partial charge in [-0.25, -0.2) is 19.2 Å². The van der Waals surface area contributed by atoms with E-state index in [0.29, 0.717) is 42.6 Å². The van der Waals surface area contributed by atoms with Gasteiger partial charge in [-0.05, 0) is 38.0 Å². The van der Waals surface area contributed by atoms with Crippen LogP contribution in [0, 0.1) is 5.92 Å². The van der Waals surface area contributed by atoms with E-state index in [2.05, 4.69) is 30.8 Å². The number of amides is 1. The van der Waals surface area contributed by atoms with E-state index in [-0.39, 0.29) is 10.7 Å². The lowest BCUT2D eigenvalue weighted by Crippen LogP contribution is -2.68. The normalized spacial score (nSPS) is 29.5. The van der Waals surface area contributed by atoms with E-state index in [1.807, 2.05) is 0 Å². The smallest absolute Gasteiger partial charge is 0.407 e. The maximum absolute atomic E-state index is 15.2. The van der Waals surface area contributed by atoms with Gasteiger partial charge in [0.2, 0.25) is 5.95 Å². The number of aromatic amines is 1. The van der Waals surface area contributed by atoms with Crippen molar-refractivity contribution in [2.45, 2.75) is 62.4 Å². The Morgan fingerprint density at radius 3 is 2.88 bits per heavy atom. The molecular weight excluding hydrogens is 465 g/mol. The number of carbonyl (C=O) groups is 1. The molecule has 4 fully saturated rings. The molecule has 180 valence electrons. The standard InChI is InChI=1S/C22H25ClFN7O3/c1-33-10-12-9-31-18(25-12)5-16(23)26-20(31)27-17-4-14(29-30-17)13-2-3-15(19(13)24)34-21(32)28-22-6-11(7-22)8-22/h4-5,9,11,13,15,19H,2-3,6-8,10H2,1H3,(H,28,32)(H2,26,27,29,30)/t11?,13-,15-,19+,22?/m1/s1. The number of hydrogen-bond acceptors (Lipinski definition) is 7. The Labute approximate surface area is 199 Å². The van der Waals surface area contributed by atoms with Gasteiger partial charge in [-0.2, -0.15) is 5.10 Å². The molecule has 0 radical (unpaired) electrons. The molecule has 3 N–H and O–H groups in total. The van der Waals surface area contributed by atoms with Gasteiger partial charge in [-0.3, -0.25) is 9.50 Å². The average Bonchev–Trinajstić information content (AvgIpc) is 3.44. The average molecular weight is 490 g/mol. The number of nitrogens with one attached hydrogen (secondary N) is 3. The van der Waals surface area contributed by atoms with Gasteiger partial charge in [-0.15, -0.1) is 0 Å². The minimum absolute atomic E-state index is 0.0884. The van der Waals surface area contributed by atoms with Crippen molar-refractivity contribution in [1.29, 1.82) is 0 Å². The number of alkyl halides is 1. The number of anilines is 2. The molecule has 7 rings (SSSR count). The van der Waals surface area contributed by atoms with Crippen molar-refractivity contribution < 1.29 is 18.7 Å². The third-order valence-corrected chi connectivity index (χ3v) is 7.36. The van der Waals surface area contributed by atoms with E-state index in [0.717, 1.165) is 30.9 Å². The molecule has 3 aromatic rings. The minimum Gasteiger partial charge on any atom is -0.443 e. The molecule has 1 amide bonds. The molecule has 0 unspecified atom stereocenters. The van der Waals surface area contributed by atoms with Gasteiger partial charge in [0.15, 0.2) is 5.82 Å². The van der Waals surface area contributed by atoms with Crippen LogP contribution in [0.15, 0.2) is 18.3 Å². The maximum Gasteiger partial charge on any atom is 0.407 e. The number of rotatable bonds is 7. The molecule has 2 bridgehead atoms. The zero-order chi connectivity index (χ0) is 23.4. The van der Waals surface area contributed by atoms with E-state index in [9.17, 15) is 4.79 Å². The predicted molar refractivity (Wildman–Crippen MR) is 121 cm³/mol. The minimum atomic E-state index is -1.31. The van der Waals surface area contributed by atoms with Crippen LogP contribution in [-0.4, -0.2) is 55.6 Å². The van der Waals surface area contributed by atoms with Gasteiger partial charge in [0.05, 0.1) is 12.3 Å². The molecule has 4 saturated carbocycles. The number of fused-ring (bicyclic) bond motifs is 1. The molecule has 34 heavy (non-hydrogen) atoms. The summed E-state index contributed by atoms with van der Waals surface area (Å²) in [5.41, 5.74) is 1.88. The van der Waals surface area contributed by atoms with Crippen LogP contribution in [0.4, 0.5) is 21.0 Å². The van der Waals surface area contributed by atoms with Crippen molar-refractivity contribution in [3.63, 3.8) is 0 Å². The number of methoxy groups -OCH3 is 1. The van der Waals surface area contributed by atoms with Gasteiger partial charge in [0.1, 0.15) is 23.1 Å². The largest absolute Gasteiger partial charge is 0.443 e. The number of imidazole rings is 1. The number of H-pyrrole nitrogens is 1. The lowest BCUT2D eigenvalue weighted by molar-refractivity contribution is -0.0532. The lowest BCUT2D eigenvalue weighted by atomic mass is 9.50. The fraction of sp³-hybridized carbons (Fsp3) is 0.545. The second-order valence-corrected chi connectivity index (χ2v) is 9.97. The molecule has 0 aliphatic heterocycles. The summed E-state index contributed by atoms with van der Waals surface area (Å²) >= 11 is 6.16. The van der Waals surface area contributed by atoms with Crippen LogP contribution in [0.1, 0.15) is 49.4 Å². The zero-order valence-corrected chi connectivity index (χ0v) is 19.3. The van der Waals surface area contributed by atoms with E-state index >= 15 is 4.39 Å². The monoisotopic (exact) mass is 489 g/mol. The quantitative estimate of drug-likeness (QED) is 0.431. The summed E-state index contributed by atoms with van der Waals surface area (Å²) in [4.78, 5) is 21.0. The number of ether oxygens (including phenoxy) is 2. The molecule has 0 spiro atoms. The van der Waals surface area contributed by atoms with Crippen LogP contribution in [0.2, 0.25) is 5.15 Å². The summed E-state index contributed by atoms with van der Waals surface area (Å²) < 4.78 is 27.5. The molecule has 0 aromatic carbocycles. The van der Waals surface area contributed by atoms with Crippen molar-refractivity contribution in [3.8, 4) is 0 Å². The van der Waals surface area contributed by atoms with Crippen LogP contribution in [0.25, 0.3) is 5.65 Å². The highest BCUT2D eigenvalue weighted by atomic mass is 35.5. The first-order valence-electron chi connectivity index (χ1n) is 11.4. The second-order valence-electron chi connectivity index (χ2n) is 9.59. The highest BCUT2D eigenvalue weighted by molar-refractivity contribution is 6.29. The van der Waals surface area contributed by atoms with Crippen molar-refractivity contribution in [3.05, 3.63) is 34.9 Å². The Hall–Kier alpha value is -2.92. The van der Waals surface area contributed by atoms with Crippen LogP contribution < -0.4 is 10.6 Å². The summed E-state index contributed by atoms with van der Waals surface area (Å²) in [5, 5.41) is 13.5. The Morgan fingerprint density at radius 1 is 1.32 bits per heavy atom. The molecule has 0 saturated heterocycles. The molecule has 10 nitrogen and oxygen atoms in total. The number of aromatic nitrogens is 5. The fourth-order valence-corrected chi connectivity index (χ4v) is 5.59. The Bertz CT molecular complexity index is 1230. The van der Waals surface area contributed by atoms with E-state index in [4.69, 9.17) is 21.1 Å². The van der Waals surface area contributed by atoms with Crippen molar-refractivity contribution in [2.24, 2.45) is 5.92 Å². The second kappa shape index (κ2) is 8.09. The predicted octanol–water partition coefficient (Wildman–Crippen LogP) is 3.86. The SMILES string of the molecule is COCc1cn2c(Nc3cc([C@H]4CC[C@@H](OC(=O)NC56CC(C5)C6)[C@H]4F)[nH]n3)nc(Cl)cc2n1. The third kappa shape index (κ3) is 3.76. The van der Waals surface area contributed by atoms with Gasteiger partial charge < -0.3 is 20.1 Å². The molecule has 4 aliphatic rings. The van der Waals surface area contributed by atoms with Crippen LogP contribution in [0.3, 0.4) is 0 Å². The van der Waals surface area contributed by atoms with Gasteiger partial charge >= 0.3 is 6.09 Å². The topological polar surface area (TPSA) is 118 Å². The van der Waals surface area contributed by atoms with Crippen LogP contribution >= 0.6 is 11.6 Å². The van der Waals surface area contributed by atoms with Gasteiger partial charge in [0.25, 0.3) is 0 Å². The highest BCUT2D eigenvalue weighted by Crippen LogP contribution is 2.57. The zero-order valence-electron chi connectivity index (χ0n) is 18.6. The Morgan fingerprint density at radius 2 is 2.15 bits per heavy atom. The lowest BCUT2D eigenvalue weighted by Gasteiger charge is -2.61. The van der Waals surface area contributed by atoms with Gasteiger partial charge in [-0.1, -0.05) is 11.6 Å². The molecule has 4 aliphatic carbocycles. The molecule has 12 heteroatoms. The van der Waals surface area contributed by atoms with Crippen molar-refractivity contribution in [2.75, 3.05) is 12.4 Å². The van der Waals surface area contributed by atoms with Gasteiger partial charge in [0, 0.05) is 42.6 Å². The Kier molecular flexibility index (Phi) is 5.14. The summed E-state index contributed by atoms with van der Waals surface area (Å²) in [6, 6.07) is 3.39. The molecule has 3 atom stereocenters. The summed E-state index contributed by atoms with van der Waals surface area (Å²) in [6.45, 7) is 0.355. The summed E-state index contributed by atoms with van der Waals surface area (Å²) in [5.74, 6) is 1.19. The van der Waals surface area contributed by atoms with E-state index in [1.54, 1.807) is 29.8 Å². The highest BCUT2D eigenvalue weighted by Gasteiger charge is 2.58. The number of nitrogens with zero attached hydrogens (tertiary/aromatic N) is 4. The first-order chi connectivity index (χ1) is 16.4. The summed E-state index contributed by atoms with van der Waals surface area (Å²) in [7, 11) is 1.60. The number of carbonyl (C=O) groups excluding carboxylic acids is 1. The first kappa shape index (κ1) is 21.6. The number of alkyl carbamates (subject to hydrolysis) is 1. The first-order valence-corrected chi connectivity index (χ1v) is 11.8. The number of halogens is 2. The Balaban J connectivity index is 1.12. The fourth-order valence-electron chi connectivity index (χ4n) is 5.41. The summed E-state index contributed by atoms with van der Waals surface area (Å²) in [6.07, 6.45) is 3.26. The van der Waals surface area contributed by atoms with Crippen LogP contribution in [-0.2, 0) is 16.1 Å². The van der Waals surface area contributed by atoms with Crippen LogP contribution in [0.5, 0.6) is 0 Å². The molecular formula is C22H25ClFN7O3. The van der Waals surface area contributed by atoms with E-state index < -0.39 is 24.3 Å². The van der Waals surface area contributed by atoms with E-state index in [1.165, 1.54) is 0 Å². The molecule has 3 aromatic heterocycles. The number of hydrogen-bond donors (Lipinski definition) is 3. The molecule has 3 heterocycles. The van der Waals surface area contributed by atoms with Crippen molar-refractivity contribution >= 4 is 35.1 Å². The third-order valence-electron chi connectivity index (χ3n) is 7.17.